The molecule has 25 heavy (non-hydrogen) atoms. The van der Waals surface area contributed by atoms with Crippen LogP contribution in [-0.4, -0.2) is 26.6 Å². The lowest BCUT2D eigenvalue weighted by Crippen LogP contribution is -2.36. The fourth-order valence-electron chi connectivity index (χ4n) is 3.13. The monoisotopic (exact) mass is 364 g/mol. The molecular formula is C18H21FN2O3S. The van der Waals surface area contributed by atoms with Crippen molar-refractivity contribution in [2.24, 2.45) is 5.92 Å². The van der Waals surface area contributed by atoms with Gasteiger partial charge in [-0.25, -0.2) is 17.5 Å². The summed E-state index contributed by atoms with van der Waals surface area (Å²) in [5.41, 5.74) is 1.25. The SMILES string of the molecule is O=S(=O)(Cc1cccc(F)c1)NC(c1cccnc1)C1CCOCC1. The summed E-state index contributed by atoms with van der Waals surface area (Å²) in [5.74, 6) is -0.564. The average Bonchev–Trinajstić information content (AvgIpc) is 2.61. The minimum atomic E-state index is -3.63. The van der Waals surface area contributed by atoms with E-state index in [-0.39, 0.29) is 17.7 Å². The first-order valence-electron chi connectivity index (χ1n) is 8.25. The molecule has 1 aromatic carbocycles. The topological polar surface area (TPSA) is 68.3 Å². The van der Waals surface area contributed by atoms with Gasteiger partial charge in [0.05, 0.1) is 11.8 Å². The molecule has 134 valence electrons. The van der Waals surface area contributed by atoms with Gasteiger partial charge in [-0.3, -0.25) is 4.98 Å². The maximum Gasteiger partial charge on any atom is 0.216 e. The Morgan fingerprint density at radius 2 is 2.04 bits per heavy atom. The van der Waals surface area contributed by atoms with Gasteiger partial charge in [0.15, 0.2) is 0 Å². The van der Waals surface area contributed by atoms with Crippen molar-refractivity contribution in [2.45, 2.75) is 24.6 Å². The van der Waals surface area contributed by atoms with Gasteiger partial charge < -0.3 is 4.74 Å². The molecule has 0 radical (unpaired) electrons. The molecule has 1 N–H and O–H groups in total. The summed E-state index contributed by atoms with van der Waals surface area (Å²) in [6.07, 6.45) is 4.90. The first-order chi connectivity index (χ1) is 12.0. The number of hydrogen-bond donors (Lipinski definition) is 1. The predicted octanol–water partition coefficient (Wildman–Crippen LogP) is 2.81. The average molecular weight is 364 g/mol. The van der Waals surface area contributed by atoms with Crippen molar-refractivity contribution in [3.8, 4) is 0 Å². The van der Waals surface area contributed by atoms with Gasteiger partial charge >= 0.3 is 0 Å². The fraction of sp³-hybridized carbons (Fsp3) is 0.389. The number of rotatable bonds is 6. The number of nitrogens with zero attached hydrogens (tertiary/aromatic N) is 1. The Morgan fingerprint density at radius 1 is 1.24 bits per heavy atom. The third-order valence-corrected chi connectivity index (χ3v) is 5.66. The van der Waals surface area contributed by atoms with Gasteiger partial charge in [-0.2, -0.15) is 0 Å². The lowest BCUT2D eigenvalue weighted by molar-refractivity contribution is 0.0564. The van der Waals surface area contributed by atoms with Crippen LogP contribution in [0.25, 0.3) is 0 Å². The van der Waals surface area contributed by atoms with Crippen molar-refractivity contribution < 1.29 is 17.5 Å². The first-order valence-corrected chi connectivity index (χ1v) is 9.91. The minimum absolute atomic E-state index is 0.139. The molecule has 1 aliphatic heterocycles. The molecule has 1 fully saturated rings. The van der Waals surface area contributed by atoms with Gasteiger partial charge in [0, 0.05) is 25.6 Å². The summed E-state index contributed by atoms with van der Waals surface area (Å²) in [4.78, 5) is 4.11. The van der Waals surface area contributed by atoms with E-state index in [0.717, 1.165) is 18.4 Å². The van der Waals surface area contributed by atoms with Gasteiger partial charge in [-0.15, -0.1) is 0 Å². The van der Waals surface area contributed by atoms with Crippen LogP contribution < -0.4 is 4.72 Å². The molecule has 5 nitrogen and oxygen atoms in total. The summed E-state index contributed by atoms with van der Waals surface area (Å²) < 4.78 is 46.8. The summed E-state index contributed by atoms with van der Waals surface area (Å²) in [5, 5.41) is 0. The molecule has 1 atom stereocenters. The smallest absolute Gasteiger partial charge is 0.216 e. The van der Waals surface area contributed by atoms with E-state index in [2.05, 4.69) is 9.71 Å². The third kappa shape index (κ3) is 5.07. The maximum absolute atomic E-state index is 13.3. The Bertz CT molecular complexity index is 793. The molecule has 2 aromatic rings. The molecular weight excluding hydrogens is 343 g/mol. The highest BCUT2D eigenvalue weighted by molar-refractivity contribution is 7.88. The van der Waals surface area contributed by atoms with Crippen molar-refractivity contribution in [3.05, 3.63) is 65.7 Å². The molecule has 1 aromatic heterocycles. The third-order valence-electron chi connectivity index (χ3n) is 4.33. The van der Waals surface area contributed by atoms with E-state index in [9.17, 15) is 12.8 Å². The Kier molecular flexibility index (Phi) is 5.78. The van der Waals surface area contributed by atoms with Crippen molar-refractivity contribution in [2.75, 3.05) is 13.2 Å². The van der Waals surface area contributed by atoms with Crippen LogP contribution >= 0.6 is 0 Å². The molecule has 0 amide bonds. The van der Waals surface area contributed by atoms with Crippen LogP contribution in [0.3, 0.4) is 0 Å². The van der Waals surface area contributed by atoms with Crippen molar-refractivity contribution in [1.29, 1.82) is 0 Å². The maximum atomic E-state index is 13.3. The van der Waals surface area contributed by atoms with E-state index in [1.165, 1.54) is 18.2 Å². The minimum Gasteiger partial charge on any atom is -0.381 e. The zero-order chi connectivity index (χ0) is 17.7. The van der Waals surface area contributed by atoms with Crippen molar-refractivity contribution in [3.63, 3.8) is 0 Å². The van der Waals surface area contributed by atoms with Gasteiger partial charge in [-0.05, 0) is 48.1 Å². The second-order valence-corrected chi connectivity index (χ2v) is 7.97. The largest absolute Gasteiger partial charge is 0.381 e. The van der Waals surface area contributed by atoms with Crippen LogP contribution in [0.4, 0.5) is 4.39 Å². The second kappa shape index (κ2) is 8.03. The summed E-state index contributed by atoms with van der Waals surface area (Å²) in [6.45, 7) is 1.24. The van der Waals surface area contributed by atoms with Crippen molar-refractivity contribution in [1.82, 2.24) is 9.71 Å². The standard InChI is InChI=1S/C18H21FN2O3S/c19-17-5-1-3-14(11-17)13-25(22,23)21-18(15-6-9-24-10-7-15)16-4-2-8-20-12-16/h1-5,8,11-12,15,18,21H,6-7,9-10,13H2. The van der Waals surface area contributed by atoms with Gasteiger partial charge in [0.1, 0.15) is 5.82 Å². The molecule has 3 rings (SSSR count). The van der Waals surface area contributed by atoms with Crippen LogP contribution in [0.2, 0.25) is 0 Å². The number of aromatic nitrogens is 1. The predicted molar refractivity (Wildman–Crippen MR) is 92.7 cm³/mol. The quantitative estimate of drug-likeness (QED) is 0.856. The van der Waals surface area contributed by atoms with Crippen LogP contribution in [0.1, 0.15) is 30.0 Å². The number of halogens is 1. The van der Waals surface area contributed by atoms with E-state index in [1.54, 1.807) is 24.5 Å². The van der Waals surface area contributed by atoms with E-state index in [4.69, 9.17) is 4.74 Å². The fourth-order valence-corrected chi connectivity index (χ4v) is 4.54. The number of hydrogen-bond acceptors (Lipinski definition) is 4. The molecule has 1 unspecified atom stereocenters. The highest BCUT2D eigenvalue weighted by atomic mass is 32.2. The summed E-state index contributed by atoms with van der Waals surface area (Å²) in [7, 11) is -3.63. The van der Waals surface area contributed by atoms with Crippen LogP contribution in [-0.2, 0) is 20.5 Å². The molecule has 7 heteroatoms. The Morgan fingerprint density at radius 3 is 2.72 bits per heavy atom. The number of pyridine rings is 1. The molecule has 0 bridgehead atoms. The molecule has 0 spiro atoms. The van der Waals surface area contributed by atoms with Crippen LogP contribution in [0, 0.1) is 11.7 Å². The lowest BCUT2D eigenvalue weighted by Gasteiger charge is -2.31. The highest BCUT2D eigenvalue weighted by Gasteiger charge is 2.29. The van der Waals surface area contributed by atoms with E-state index in [1.807, 2.05) is 6.07 Å². The number of ether oxygens (including phenoxy) is 1. The Hall–Kier alpha value is -1.83. The zero-order valence-corrected chi connectivity index (χ0v) is 14.6. The Labute approximate surface area is 147 Å². The molecule has 1 aliphatic rings. The van der Waals surface area contributed by atoms with E-state index < -0.39 is 15.8 Å². The highest BCUT2D eigenvalue weighted by Crippen LogP contribution is 2.30. The molecule has 0 aliphatic carbocycles. The van der Waals surface area contributed by atoms with Crippen LogP contribution in [0.5, 0.6) is 0 Å². The molecule has 1 saturated heterocycles. The number of benzene rings is 1. The molecule has 2 heterocycles. The number of nitrogens with one attached hydrogen (secondary N) is 1. The van der Waals surface area contributed by atoms with Gasteiger partial charge in [-0.1, -0.05) is 18.2 Å². The summed E-state index contributed by atoms with van der Waals surface area (Å²) >= 11 is 0. The lowest BCUT2D eigenvalue weighted by atomic mass is 9.88. The first kappa shape index (κ1) is 18.0. The molecule has 0 saturated carbocycles. The number of sulfonamides is 1. The Balaban J connectivity index is 1.81. The second-order valence-electron chi connectivity index (χ2n) is 6.22. The van der Waals surface area contributed by atoms with Crippen molar-refractivity contribution >= 4 is 10.0 Å². The van der Waals surface area contributed by atoms with Crippen LogP contribution in [0.15, 0.2) is 48.8 Å². The van der Waals surface area contributed by atoms with E-state index >= 15 is 0 Å². The van der Waals surface area contributed by atoms with Gasteiger partial charge in [0.2, 0.25) is 10.0 Å². The van der Waals surface area contributed by atoms with Gasteiger partial charge in [0.25, 0.3) is 0 Å². The summed E-state index contributed by atoms with van der Waals surface area (Å²) in [6, 6.07) is 8.96. The normalized spacial score (nSPS) is 17.3. The van der Waals surface area contributed by atoms with E-state index in [0.29, 0.717) is 18.8 Å². The zero-order valence-electron chi connectivity index (χ0n) is 13.8.